The van der Waals surface area contributed by atoms with Crippen molar-refractivity contribution in [2.75, 3.05) is 11.4 Å². The molecule has 0 aliphatic carbocycles. The monoisotopic (exact) mass is 284 g/mol. The summed E-state index contributed by atoms with van der Waals surface area (Å²) < 4.78 is 1.86. The molecule has 112 valence electrons. The van der Waals surface area contributed by atoms with Crippen LogP contribution < -0.4 is 10.6 Å². The number of rotatable bonds is 4. The largest absolute Gasteiger partial charge is 0.363 e. The van der Waals surface area contributed by atoms with Crippen LogP contribution in [0.15, 0.2) is 36.7 Å². The Morgan fingerprint density at radius 2 is 2.14 bits per heavy atom. The molecule has 2 heterocycles. The van der Waals surface area contributed by atoms with E-state index < -0.39 is 0 Å². The maximum atomic E-state index is 6.47. The van der Waals surface area contributed by atoms with Gasteiger partial charge in [0.2, 0.25) is 0 Å². The molecule has 1 aliphatic heterocycles. The van der Waals surface area contributed by atoms with Gasteiger partial charge in [-0.3, -0.25) is 4.68 Å². The summed E-state index contributed by atoms with van der Waals surface area (Å²) in [5.41, 5.74) is 10.4. The number of benzene rings is 1. The molecule has 0 bridgehead atoms. The van der Waals surface area contributed by atoms with Crippen LogP contribution >= 0.6 is 0 Å². The number of fused-ring (bicyclic) bond motifs is 1. The first-order valence-corrected chi connectivity index (χ1v) is 7.79. The lowest BCUT2D eigenvalue weighted by Gasteiger charge is -2.40. The van der Waals surface area contributed by atoms with Gasteiger partial charge in [-0.15, -0.1) is 0 Å². The van der Waals surface area contributed by atoms with Crippen LogP contribution in [-0.4, -0.2) is 22.4 Å². The minimum absolute atomic E-state index is 0.111. The van der Waals surface area contributed by atoms with Crippen LogP contribution in [0.1, 0.15) is 36.9 Å². The molecule has 0 saturated carbocycles. The first-order chi connectivity index (χ1) is 10.2. The molecule has 21 heavy (non-hydrogen) atoms. The predicted molar refractivity (Wildman–Crippen MR) is 86.3 cm³/mol. The summed E-state index contributed by atoms with van der Waals surface area (Å²) in [7, 11) is 1.96. The van der Waals surface area contributed by atoms with Crippen LogP contribution in [0.25, 0.3) is 0 Å². The molecule has 4 nitrogen and oxygen atoms in total. The standard InChI is InChI=1S/C17H24N4/c1-3-15(18)17(14-11-19-20(2)12-14)21-10-6-8-13-7-4-5-9-16(13)21/h4-5,7,9,11-12,15,17H,3,6,8,10,18H2,1-2H3. The number of aryl methyl sites for hydroxylation is 2. The molecule has 1 aliphatic rings. The number of nitrogens with zero attached hydrogens (tertiary/aromatic N) is 3. The summed E-state index contributed by atoms with van der Waals surface area (Å²) in [5.74, 6) is 0. The average Bonchev–Trinajstić information content (AvgIpc) is 2.93. The zero-order valence-corrected chi connectivity index (χ0v) is 12.9. The van der Waals surface area contributed by atoms with Gasteiger partial charge < -0.3 is 10.6 Å². The van der Waals surface area contributed by atoms with Crippen LogP contribution in [0, 0.1) is 0 Å². The molecule has 1 aromatic heterocycles. The van der Waals surface area contributed by atoms with Gasteiger partial charge in [-0.25, -0.2) is 0 Å². The summed E-state index contributed by atoms with van der Waals surface area (Å²) in [6.45, 7) is 3.22. The molecule has 0 fully saturated rings. The number of para-hydroxylation sites is 1. The van der Waals surface area contributed by atoms with E-state index in [4.69, 9.17) is 5.73 Å². The fourth-order valence-corrected chi connectivity index (χ4v) is 3.33. The minimum atomic E-state index is 0.111. The number of hydrogen-bond acceptors (Lipinski definition) is 3. The molecule has 2 aromatic rings. The Kier molecular flexibility index (Phi) is 3.97. The quantitative estimate of drug-likeness (QED) is 0.939. The van der Waals surface area contributed by atoms with Gasteiger partial charge in [-0.05, 0) is 30.9 Å². The smallest absolute Gasteiger partial charge is 0.0724 e. The van der Waals surface area contributed by atoms with Crippen molar-refractivity contribution < 1.29 is 0 Å². The Balaban J connectivity index is 2.02. The second-order valence-electron chi connectivity index (χ2n) is 5.89. The molecule has 2 unspecified atom stereocenters. The third-order valence-electron chi connectivity index (χ3n) is 4.43. The number of hydrogen-bond donors (Lipinski definition) is 1. The molecular weight excluding hydrogens is 260 g/mol. The molecule has 2 atom stereocenters. The summed E-state index contributed by atoms with van der Waals surface area (Å²) in [6.07, 6.45) is 7.35. The second kappa shape index (κ2) is 5.90. The van der Waals surface area contributed by atoms with Crippen LogP contribution in [-0.2, 0) is 13.5 Å². The van der Waals surface area contributed by atoms with Gasteiger partial charge in [-0.1, -0.05) is 25.1 Å². The van der Waals surface area contributed by atoms with Crippen molar-refractivity contribution in [3.63, 3.8) is 0 Å². The highest BCUT2D eigenvalue weighted by atomic mass is 15.3. The summed E-state index contributed by atoms with van der Waals surface area (Å²) in [6, 6.07) is 9.01. The number of nitrogens with two attached hydrogens (primary N) is 1. The predicted octanol–water partition coefficient (Wildman–Crippen LogP) is 2.65. The van der Waals surface area contributed by atoms with Crippen molar-refractivity contribution in [3.05, 3.63) is 47.8 Å². The van der Waals surface area contributed by atoms with Crippen molar-refractivity contribution >= 4 is 5.69 Å². The molecule has 0 saturated heterocycles. The van der Waals surface area contributed by atoms with E-state index in [1.807, 2.05) is 17.9 Å². The Morgan fingerprint density at radius 3 is 2.86 bits per heavy atom. The Bertz CT molecular complexity index is 604. The average molecular weight is 284 g/mol. The highest BCUT2D eigenvalue weighted by molar-refractivity contribution is 5.57. The molecule has 1 aromatic carbocycles. The van der Waals surface area contributed by atoms with Crippen molar-refractivity contribution in [2.45, 2.75) is 38.3 Å². The minimum Gasteiger partial charge on any atom is -0.363 e. The lowest BCUT2D eigenvalue weighted by molar-refractivity contribution is 0.475. The topological polar surface area (TPSA) is 47.1 Å². The molecule has 2 N–H and O–H groups in total. The first-order valence-electron chi connectivity index (χ1n) is 7.79. The Labute approximate surface area is 126 Å². The normalized spacial score (nSPS) is 17.4. The van der Waals surface area contributed by atoms with Gasteiger partial charge in [0, 0.05) is 37.1 Å². The van der Waals surface area contributed by atoms with Crippen molar-refractivity contribution in [1.29, 1.82) is 0 Å². The van der Waals surface area contributed by atoms with E-state index in [2.05, 4.69) is 47.4 Å². The summed E-state index contributed by atoms with van der Waals surface area (Å²) >= 11 is 0. The number of aromatic nitrogens is 2. The van der Waals surface area contributed by atoms with Crippen LogP contribution in [0.5, 0.6) is 0 Å². The maximum Gasteiger partial charge on any atom is 0.0724 e. The van der Waals surface area contributed by atoms with Crippen molar-refractivity contribution in [2.24, 2.45) is 12.8 Å². The van der Waals surface area contributed by atoms with Gasteiger partial charge in [0.05, 0.1) is 12.2 Å². The van der Waals surface area contributed by atoms with E-state index in [0.29, 0.717) is 0 Å². The van der Waals surface area contributed by atoms with Crippen LogP contribution in [0.3, 0.4) is 0 Å². The van der Waals surface area contributed by atoms with Crippen LogP contribution in [0.2, 0.25) is 0 Å². The fraction of sp³-hybridized carbons (Fsp3) is 0.471. The van der Waals surface area contributed by atoms with Gasteiger partial charge in [0.15, 0.2) is 0 Å². The van der Waals surface area contributed by atoms with Gasteiger partial charge in [0.1, 0.15) is 0 Å². The van der Waals surface area contributed by atoms with E-state index in [-0.39, 0.29) is 12.1 Å². The van der Waals surface area contributed by atoms with Crippen molar-refractivity contribution in [3.8, 4) is 0 Å². The lowest BCUT2D eigenvalue weighted by Crippen LogP contribution is -2.43. The number of anilines is 1. The zero-order valence-electron chi connectivity index (χ0n) is 12.9. The van der Waals surface area contributed by atoms with E-state index >= 15 is 0 Å². The fourth-order valence-electron chi connectivity index (χ4n) is 3.33. The molecule has 3 rings (SSSR count). The highest BCUT2D eigenvalue weighted by Gasteiger charge is 2.29. The zero-order chi connectivity index (χ0) is 14.8. The Morgan fingerprint density at radius 1 is 1.33 bits per heavy atom. The third-order valence-corrected chi connectivity index (χ3v) is 4.43. The first kappa shape index (κ1) is 14.1. The van der Waals surface area contributed by atoms with E-state index in [9.17, 15) is 0 Å². The molecular formula is C17H24N4. The Hall–Kier alpha value is -1.81. The summed E-state index contributed by atoms with van der Waals surface area (Å²) in [4.78, 5) is 2.48. The molecule has 4 heteroatoms. The van der Waals surface area contributed by atoms with E-state index in [1.54, 1.807) is 0 Å². The SMILES string of the molecule is CCC(N)C(c1cnn(C)c1)N1CCCc2ccccc21. The second-order valence-corrected chi connectivity index (χ2v) is 5.89. The molecule has 0 spiro atoms. The van der Waals surface area contributed by atoms with Crippen LogP contribution in [0.4, 0.5) is 5.69 Å². The highest BCUT2D eigenvalue weighted by Crippen LogP contribution is 2.35. The lowest BCUT2D eigenvalue weighted by atomic mass is 9.93. The van der Waals surface area contributed by atoms with Gasteiger partial charge in [0.25, 0.3) is 0 Å². The van der Waals surface area contributed by atoms with E-state index in [0.717, 1.165) is 19.4 Å². The maximum absolute atomic E-state index is 6.47. The molecule has 0 amide bonds. The van der Waals surface area contributed by atoms with Gasteiger partial charge in [-0.2, -0.15) is 5.10 Å². The van der Waals surface area contributed by atoms with E-state index in [1.165, 1.54) is 23.2 Å². The summed E-state index contributed by atoms with van der Waals surface area (Å²) in [5, 5.41) is 4.34. The van der Waals surface area contributed by atoms with Crippen molar-refractivity contribution in [1.82, 2.24) is 9.78 Å². The van der Waals surface area contributed by atoms with Gasteiger partial charge >= 0.3 is 0 Å². The third kappa shape index (κ3) is 2.68. The molecule has 0 radical (unpaired) electrons.